The summed E-state index contributed by atoms with van der Waals surface area (Å²) in [5.41, 5.74) is 0.596. The largest absolute Gasteiger partial charge is 0.481 e. The molecule has 30 heavy (non-hydrogen) atoms. The Hall–Kier alpha value is -2.15. The highest BCUT2D eigenvalue weighted by Gasteiger charge is 2.54. The molecule has 3 aliphatic rings. The molecule has 1 N–H and O–H groups in total. The number of aromatic nitrogens is 1. The van der Waals surface area contributed by atoms with Gasteiger partial charge >= 0.3 is 0 Å². The number of nitrogens with one attached hydrogen (secondary N) is 1. The summed E-state index contributed by atoms with van der Waals surface area (Å²) < 4.78 is 5.22. The summed E-state index contributed by atoms with van der Waals surface area (Å²) in [6.45, 7) is 5.03. The van der Waals surface area contributed by atoms with E-state index < -0.39 is 0 Å². The Morgan fingerprint density at radius 2 is 2.00 bits per heavy atom. The van der Waals surface area contributed by atoms with Crippen LogP contribution in [0.5, 0.6) is 5.88 Å². The van der Waals surface area contributed by atoms with Gasteiger partial charge in [0.1, 0.15) is 6.04 Å². The van der Waals surface area contributed by atoms with Gasteiger partial charge in [-0.25, -0.2) is 4.98 Å². The number of pyridine rings is 1. The van der Waals surface area contributed by atoms with E-state index in [2.05, 4.69) is 15.2 Å². The van der Waals surface area contributed by atoms with E-state index in [1.165, 1.54) is 12.8 Å². The number of rotatable bonds is 6. The average Bonchev–Trinajstić information content (AvgIpc) is 3.36. The standard InChI is InChI=1S/C23H34N4O3/c1-3-27-19(21(28)25-17-7-4-5-8-17)15-23(22(27)29)11-13-26(14-12-23)16-18-9-6-10-20(24-18)30-2/h6,9-10,17,19H,3-5,7-8,11-16H2,1-2H3,(H,25,28). The molecule has 7 nitrogen and oxygen atoms in total. The summed E-state index contributed by atoms with van der Waals surface area (Å²) >= 11 is 0. The summed E-state index contributed by atoms with van der Waals surface area (Å²) in [6.07, 6.45) is 6.78. The van der Waals surface area contributed by atoms with Crippen LogP contribution in [0.3, 0.4) is 0 Å². The zero-order chi connectivity index (χ0) is 21.1. The van der Waals surface area contributed by atoms with Crippen molar-refractivity contribution in [3.63, 3.8) is 0 Å². The van der Waals surface area contributed by atoms with Gasteiger partial charge in [-0.2, -0.15) is 0 Å². The SMILES string of the molecule is CCN1C(=O)C2(CCN(Cc3cccc(OC)n3)CC2)CC1C(=O)NC1CCCC1. The molecular formula is C23H34N4O3. The van der Waals surface area contributed by atoms with Crippen molar-refractivity contribution in [1.82, 2.24) is 20.1 Å². The zero-order valence-electron chi connectivity index (χ0n) is 18.2. The number of carbonyl (C=O) groups excluding carboxylic acids is 2. The molecule has 0 bridgehead atoms. The van der Waals surface area contributed by atoms with Crippen LogP contribution in [0, 0.1) is 5.41 Å². The van der Waals surface area contributed by atoms with E-state index in [0.29, 0.717) is 24.9 Å². The Bertz CT molecular complexity index is 769. The van der Waals surface area contributed by atoms with Crippen molar-refractivity contribution in [3.05, 3.63) is 23.9 Å². The number of nitrogens with zero attached hydrogens (tertiary/aromatic N) is 3. The van der Waals surface area contributed by atoms with E-state index in [-0.39, 0.29) is 23.3 Å². The number of methoxy groups -OCH3 is 1. The molecular weight excluding hydrogens is 380 g/mol. The van der Waals surface area contributed by atoms with E-state index in [4.69, 9.17) is 4.74 Å². The van der Waals surface area contributed by atoms with Crippen LogP contribution in [0.15, 0.2) is 18.2 Å². The summed E-state index contributed by atoms with van der Waals surface area (Å²) in [6, 6.07) is 5.80. The second-order valence-electron chi connectivity index (χ2n) is 9.03. The minimum absolute atomic E-state index is 0.0528. The van der Waals surface area contributed by atoms with Crippen molar-refractivity contribution in [2.24, 2.45) is 5.41 Å². The van der Waals surface area contributed by atoms with Gasteiger partial charge in [0.05, 0.1) is 18.2 Å². The molecule has 3 heterocycles. The topological polar surface area (TPSA) is 74.8 Å². The third-order valence-corrected chi connectivity index (χ3v) is 7.21. The van der Waals surface area contributed by atoms with Gasteiger partial charge in [0.25, 0.3) is 0 Å². The summed E-state index contributed by atoms with van der Waals surface area (Å²) in [7, 11) is 1.63. The van der Waals surface area contributed by atoms with Gasteiger partial charge in [-0.1, -0.05) is 18.9 Å². The fourth-order valence-electron chi connectivity index (χ4n) is 5.43. The highest BCUT2D eigenvalue weighted by molar-refractivity contribution is 5.94. The predicted octanol–water partition coefficient (Wildman–Crippen LogP) is 2.35. The maximum absolute atomic E-state index is 13.3. The quantitative estimate of drug-likeness (QED) is 0.773. The fraction of sp³-hybridized carbons (Fsp3) is 0.696. The van der Waals surface area contributed by atoms with Crippen LogP contribution in [0.1, 0.15) is 57.6 Å². The van der Waals surface area contributed by atoms with Crippen LogP contribution in [0.2, 0.25) is 0 Å². The molecule has 2 saturated heterocycles. The monoisotopic (exact) mass is 414 g/mol. The number of hydrogen-bond acceptors (Lipinski definition) is 5. The minimum atomic E-state index is -0.383. The Labute approximate surface area is 179 Å². The number of hydrogen-bond donors (Lipinski definition) is 1. The van der Waals surface area contributed by atoms with Gasteiger partial charge in [0.2, 0.25) is 17.7 Å². The summed E-state index contributed by atoms with van der Waals surface area (Å²) in [4.78, 5) is 35.0. The van der Waals surface area contributed by atoms with Crippen molar-refractivity contribution >= 4 is 11.8 Å². The smallest absolute Gasteiger partial charge is 0.243 e. The molecule has 1 aromatic heterocycles. The number of amides is 2. The lowest BCUT2D eigenvalue weighted by Crippen LogP contribution is -2.47. The molecule has 2 aliphatic heterocycles. The van der Waals surface area contributed by atoms with Gasteiger partial charge in [-0.3, -0.25) is 14.5 Å². The molecule has 1 saturated carbocycles. The second kappa shape index (κ2) is 8.92. The normalized spacial score (nSPS) is 24.5. The first-order valence-corrected chi connectivity index (χ1v) is 11.4. The molecule has 164 valence electrons. The highest BCUT2D eigenvalue weighted by atomic mass is 16.5. The predicted molar refractivity (Wildman–Crippen MR) is 114 cm³/mol. The number of likely N-dealkylation sites (tertiary alicyclic amines) is 2. The number of carbonyl (C=O) groups is 2. The third-order valence-electron chi connectivity index (χ3n) is 7.21. The first-order chi connectivity index (χ1) is 14.5. The average molecular weight is 415 g/mol. The van der Waals surface area contributed by atoms with Crippen LogP contribution in [-0.4, -0.2) is 65.4 Å². The van der Waals surface area contributed by atoms with Crippen molar-refractivity contribution in [2.75, 3.05) is 26.7 Å². The number of likely N-dealkylation sites (N-methyl/N-ethyl adjacent to an activating group) is 1. The van der Waals surface area contributed by atoms with E-state index >= 15 is 0 Å². The van der Waals surface area contributed by atoms with Gasteiger partial charge in [0.15, 0.2) is 0 Å². The van der Waals surface area contributed by atoms with E-state index in [0.717, 1.165) is 51.0 Å². The summed E-state index contributed by atoms with van der Waals surface area (Å²) in [5, 5.41) is 3.22. The molecule has 7 heteroatoms. The maximum atomic E-state index is 13.3. The molecule has 1 atom stereocenters. The fourth-order valence-corrected chi connectivity index (χ4v) is 5.43. The maximum Gasteiger partial charge on any atom is 0.243 e. The first-order valence-electron chi connectivity index (χ1n) is 11.4. The lowest BCUT2D eigenvalue weighted by molar-refractivity contribution is -0.141. The van der Waals surface area contributed by atoms with Crippen molar-refractivity contribution in [1.29, 1.82) is 0 Å². The van der Waals surface area contributed by atoms with Crippen LogP contribution < -0.4 is 10.1 Å². The molecule has 1 aliphatic carbocycles. The molecule has 0 aromatic carbocycles. The number of piperidine rings is 1. The van der Waals surface area contributed by atoms with Gasteiger partial charge in [0, 0.05) is 25.2 Å². The highest BCUT2D eigenvalue weighted by Crippen LogP contribution is 2.44. The Morgan fingerprint density at radius 1 is 1.27 bits per heavy atom. The number of ether oxygens (including phenoxy) is 1. The first kappa shape index (κ1) is 21.1. The van der Waals surface area contributed by atoms with Crippen molar-refractivity contribution in [2.45, 2.75) is 70.5 Å². The Morgan fingerprint density at radius 3 is 2.67 bits per heavy atom. The van der Waals surface area contributed by atoms with Crippen molar-refractivity contribution < 1.29 is 14.3 Å². The lowest BCUT2D eigenvalue weighted by Gasteiger charge is -2.37. The molecule has 4 rings (SSSR count). The van der Waals surface area contributed by atoms with Crippen LogP contribution in [-0.2, 0) is 16.1 Å². The molecule has 2 amide bonds. The van der Waals surface area contributed by atoms with E-state index in [1.807, 2.05) is 30.0 Å². The van der Waals surface area contributed by atoms with Gasteiger partial charge < -0.3 is 15.0 Å². The third kappa shape index (κ3) is 4.17. The Kier molecular flexibility index (Phi) is 6.27. The van der Waals surface area contributed by atoms with Crippen LogP contribution in [0.25, 0.3) is 0 Å². The molecule has 3 fully saturated rings. The Balaban J connectivity index is 1.38. The van der Waals surface area contributed by atoms with Gasteiger partial charge in [-0.15, -0.1) is 0 Å². The molecule has 1 aromatic rings. The van der Waals surface area contributed by atoms with Crippen LogP contribution >= 0.6 is 0 Å². The van der Waals surface area contributed by atoms with E-state index in [9.17, 15) is 9.59 Å². The lowest BCUT2D eigenvalue weighted by atomic mass is 9.76. The molecule has 1 unspecified atom stereocenters. The minimum Gasteiger partial charge on any atom is -0.481 e. The summed E-state index contributed by atoms with van der Waals surface area (Å²) in [5.74, 6) is 0.856. The van der Waals surface area contributed by atoms with Crippen LogP contribution in [0.4, 0.5) is 0 Å². The molecule has 1 spiro atoms. The zero-order valence-corrected chi connectivity index (χ0v) is 18.2. The second-order valence-corrected chi connectivity index (χ2v) is 9.03. The van der Waals surface area contributed by atoms with Crippen molar-refractivity contribution in [3.8, 4) is 5.88 Å². The van der Waals surface area contributed by atoms with Gasteiger partial charge in [-0.05, 0) is 58.2 Å². The van der Waals surface area contributed by atoms with E-state index in [1.54, 1.807) is 7.11 Å². The molecule has 0 radical (unpaired) electrons.